The van der Waals surface area contributed by atoms with Gasteiger partial charge in [-0.15, -0.1) is 0 Å². The summed E-state index contributed by atoms with van der Waals surface area (Å²) in [6, 6.07) is 13.3. The van der Waals surface area contributed by atoms with E-state index in [1.807, 2.05) is 48.5 Å². The van der Waals surface area contributed by atoms with Crippen molar-refractivity contribution in [2.75, 3.05) is 0 Å². The van der Waals surface area contributed by atoms with Crippen LogP contribution in [0.1, 0.15) is 37.8 Å². The van der Waals surface area contributed by atoms with E-state index in [4.69, 9.17) is 0 Å². The van der Waals surface area contributed by atoms with Gasteiger partial charge in [0.25, 0.3) is 0 Å². The molecule has 0 bridgehead atoms. The number of nitrogens with one attached hydrogen (secondary N) is 2. The Balaban J connectivity index is 1.98. The van der Waals surface area contributed by atoms with Crippen molar-refractivity contribution < 1.29 is 19.5 Å². The molecule has 3 rings (SSSR count). The molecule has 0 radical (unpaired) electrons. The largest absolute Gasteiger partial charge is 0.480 e. The van der Waals surface area contributed by atoms with E-state index in [0.29, 0.717) is 0 Å². The Morgan fingerprint density at radius 2 is 1.39 bits per heavy atom. The zero-order valence-electron chi connectivity index (χ0n) is 16.1. The number of carbonyl (C=O) groups is 3. The number of carboxylic acid groups (broad SMARTS) is 1. The Bertz CT molecular complexity index is 877. The summed E-state index contributed by atoms with van der Waals surface area (Å²) in [5.41, 5.74) is 3.70. The predicted molar refractivity (Wildman–Crippen MR) is 106 cm³/mol. The zero-order chi connectivity index (χ0) is 20.4. The molecule has 0 aromatic heterocycles. The number of carboxylic acids is 1. The van der Waals surface area contributed by atoms with Crippen LogP contribution in [0.25, 0.3) is 11.1 Å². The van der Waals surface area contributed by atoms with E-state index in [0.717, 1.165) is 22.3 Å². The van der Waals surface area contributed by atoms with Crippen LogP contribution in [-0.4, -0.2) is 35.0 Å². The number of hydrogen-bond donors (Lipinski definition) is 3. The van der Waals surface area contributed by atoms with Crippen molar-refractivity contribution >= 4 is 17.8 Å². The van der Waals surface area contributed by atoms with Crippen molar-refractivity contribution in [1.29, 1.82) is 0 Å². The van der Waals surface area contributed by atoms with Crippen molar-refractivity contribution in [3.63, 3.8) is 0 Å². The van der Waals surface area contributed by atoms with E-state index in [9.17, 15) is 19.5 Å². The van der Waals surface area contributed by atoms with Crippen LogP contribution in [0.2, 0.25) is 0 Å². The lowest BCUT2D eigenvalue weighted by Crippen LogP contribution is -2.54. The first-order chi connectivity index (χ1) is 13.3. The van der Waals surface area contributed by atoms with Crippen LogP contribution < -0.4 is 10.6 Å². The van der Waals surface area contributed by atoms with E-state index in [2.05, 4.69) is 10.6 Å². The molecule has 28 heavy (non-hydrogen) atoms. The van der Waals surface area contributed by atoms with E-state index >= 15 is 0 Å². The third kappa shape index (κ3) is 3.63. The highest BCUT2D eigenvalue weighted by Crippen LogP contribution is 2.46. The summed E-state index contributed by atoms with van der Waals surface area (Å²) in [7, 11) is 0. The fourth-order valence-corrected chi connectivity index (χ4v) is 3.84. The van der Waals surface area contributed by atoms with Gasteiger partial charge in [-0.05, 0) is 28.2 Å². The van der Waals surface area contributed by atoms with Crippen molar-refractivity contribution in [1.82, 2.24) is 10.6 Å². The quantitative estimate of drug-likeness (QED) is 0.718. The number of rotatable bonds is 6. The Kier molecular flexibility index (Phi) is 5.49. The minimum absolute atomic E-state index is 0.179. The van der Waals surface area contributed by atoms with Crippen LogP contribution in [0, 0.1) is 5.92 Å². The number of benzene rings is 2. The summed E-state index contributed by atoms with van der Waals surface area (Å²) < 4.78 is 0. The maximum absolute atomic E-state index is 12.8. The molecule has 0 aliphatic heterocycles. The number of fused-ring (bicyclic) bond motifs is 3. The van der Waals surface area contributed by atoms with Crippen LogP contribution in [0.5, 0.6) is 0 Å². The summed E-state index contributed by atoms with van der Waals surface area (Å²) in [5, 5.41) is 15.2. The average Bonchev–Trinajstić information content (AvgIpc) is 2.98. The fourth-order valence-electron chi connectivity index (χ4n) is 3.84. The van der Waals surface area contributed by atoms with E-state index in [1.54, 1.807) is 13.8 Å². The molecule has 0 heterocycles. The summed E-state index contributed by atoms with van der Waals surface area (Å²) in [4.78, 5) is 36.4. The van der Waals surface area contributed by atoms with Crippen LogP contribution in [0.4, 0.5) is 0 Å². The SMILES string of the molecule is CC(=O)N[C@@H](C(=O)N[C@@H](C(=O)O)C1c2ccccc2-c2ccccc21)C(C)C. The van der Waals surface area contributed by atoms with E-state index in [1.165, 1.54) is 6.92 Å². The molecule has 0 spiro atoms. The number of aliphatic carboxylic acids is 1. The summed E-state index contributed by atoms with van der Waals surface area (Å²) in [6.45, 7) is 4.94. The molecule has 2 atom stereocenters. The molecule has 0 unspecified atom stereocenters. The van der Waals surface area contributed by atoms with Crippen LogP contribution in [0.15, 0.2) is 48.5 Å². The zero-order valence-corrected chi connectivity index (χ0v) is 16.1. The van der Waals surface area contributed by atoms with Crippen LogP contribution in [0.3, 0.4) is 0 Å². The van der Waals surface area contributed by atoms with Gasteiger partial charge in [-0.3, -0.25) is 9.59 Å². The average molecular weight is 380 g/mol. The molecular weight excluding hydrogens is 356 g/mol. The van der Waals surface area contributed by atoms with E-state index < -0.39 is 29.9 Å². The highest BCUT2D eigenvalue weighted by molar-refractivity contribution is 5.92. The molecule has 146 valence electrons. The van der Waals surface area contributed by atoms with Gasteiger partial charge in [0.1, 0.15) is 12.1 Å². The Hall–Kier alpha value is -3.15. The summed E-state index contributed by atoms with van der Waals surface area (Å²) in [6.07, 6.45) is 0. The minimum Gasteiger partial charge on any atom is -0.480 e. The molecule has 0 fully saturated rings. The first-order valence-electron chi connectivity index (χ1n) is 9.29. The molecule has 2 aromatic carbocycles. The highest BCUT2D eigenvalue weighted by Gasteiger charge is 2.40. The second kappa shape index (κ2) is 7.84. The molecule has 0 saturated carbocycles. The number of amides is 2. The van der Waals surface area contributed by atoms with Crippen molar-refractivity contribution in [3.8, 4) is 11.1 Å². The smallest absolute Gasteiger partial charge is 0.327 e. The van der Waals surface area contributed by atoms with Crippen LogP contribution in [-0.2, 0) is 14.4 Å². The fraction of sp³-hybridized carbons (Fsp3) is 0.318. The lowest BCUT2D eigenvalue weighted by molar-refractivity contribution is -0.142. The monoisotopic (exact) mass is 380 g/mol. The second-order valence-corrected chi connectivity index (χ2v) is 7.40. The van der Waals surface area contributed by atoms with Crippen molar-refractivity contribution in [3.05, 3.63) is 59.7 Å². The van der Waals surface area contributed by atoms with Gasteiger partial charge in [-0.1, -0.05) is 62.4 Å². The molecule has 6 heteroatoms. The number of carbonyl (C=O) groups excluding carboxylic acids is 2. The van der Waals surface area contributed by atoms with Crippen molar-refractivity contribution in [2.45, 2.75) is 38.8 Å². The normalized spacial score (nSPS) is 14.7. The maximum Gasteiger partial charge on any atom is 0.327 e. The van der Waals surface area contributed by atoms with Gasteiger partial charge in [0, 0.05) is 12.8 Å². The third-order valence-corrected chi connectivity index (χ3v) is 5.09. The molecule has 0 saturated heterocycles. The molecule has 1 aliphatic carbocycles. The summed E-state index contributed by atoms with van der Waals surface area (Å²) >= 11 is 0. The molecule has 6 nitrogen and oxygen atoms in total. The van der Waals surface area contributed by atoms with Crippen LogP contribution >= 0.6 is 0 Å². The van der Waals surface area contributed by atoms with Gasteiger partial charge in [-0.25, -0.2) is 4.79 Å². The lowest BCUT2D eigenvalue weighted by atomic mass is 9.88. The molecule has 3 N–H and O–H groups in total. The van der Waals surface area contributed by atoms with Gasteiger partial charge in [0.15, 0.2) is 0 Å². The first kappa shape index (κ1) is 19.6. The van der Waals surface area contributed by atoms with Gasteiger partial charge in [0.2, 0.25) is 11.8 Å². The molecule has 2 aromatic rings. The molecule has 2 amide bonds. The van der Waals surface area contributed by atoms with Gasteiger partial charge < -0.3 is 15.7 Å². The van der Waals surface area contributed by atoms with Gasteiger partial charge in [0.05, 0.1) is 0 Å². The maximum atomic E-state index is 12.8. The third-order valence-electron chi connectivity index (χ3n) is 5.09. The molecular formula is C22H24N2O4. The van der Waals surface area contributed by atoms with Crippen molar-refractivity contribution in [2.24, 2.45) is 5.92 Å². The van der Waals surface area contributed by atoms with E-state index in [-0.39, 0.29) is 11.8 Å². The Labute approximate surface area is 164 Å². The van der Waals surface area contributed by atoms with Gasteiger partial charge in [-0.2, -0.15) is 0 Å². The Morgan fingerprint density at radius 1 is 0.893 bits per heavy atom. The number of hydrogen-bond acceptors (Lipinski definition) is 3. The van der Waals surface area contributed by atoms with Gasteiger partial charge >= 0.3 is 5.97 Å². The predicted octanol–water partition coefficient (Wildman–Crippen LogP) is 2.53. The standard InChI is InChI=1S/C22H24N2O4/c1-12(2)19(23-13(3)25)21(26)24-20(22(27)28)18-16-10-6-4-8-14(16)15-9-5-7-11-17(15)18/h4-12,18-20H,1-3H3,(H,23,25)(H,24,26)(H,27,28)/t19-,20-/m1/s1. The first-order valence-corrected chi connectivity index (χ1v) is 9.29. The lowest BCUT2D eigenvalue weighted by Gasteiger charge is -2.27. The highest BCUT2D eigenvalue weighted by atomic mass is 16.4. The minimum atomic E-state index is -1.15. The second-order valence-electron chi connectivity index (χ2n) is 7.40. The molecule has 1 aliphatic rings. The Morgan fingerprint density at radius 3 is 1.82 bits per heavy atom. The topological polar surface area (TPSA) is 95.5 Å². The summed E-state index contributed by atoms with van der Waals surface area (Å²) in [5.74, 6) is -2.63.